The van der Waals surface area contributed by atoms with Gasteiger partial charge in [-0.15, -0.1) is 0 Å². The van der Waals surface area contributed by atoms with Gasteiger partial charge in [-0.3, -0.25) is 13.9 Å². The molecule has 7 nitrogen and oxygen atoms in total. The number of benzene rings is 3. The Kier molecular flexibility index (Phi) is 11.6. The number of carbonyl (C=O) groups excluding carboxylic acids is 2. The Morgan fingerprint density at radius 3 is 2.25 bits per heavy atom. The third-order valence-corrected chi connectivity index (χ3v) is 8.20. The van der Waals surface area contributed by atoms with Crippen molar-refractivity contribution in [2.75, 3.05) is 23.7 Å². The van der Waals surface area contributed by atoms with Crippen molar-refractivity contribution in [3.8, 4) is 0 Å². The van der Waals surface area contributed by atoms with Gasteiger partial charge in [0.1, 0.15) is 6.04 Å². The first-order valence-electron chi connectivity index (χ1n) is 13.5. The number of nitrogens with zero attached hydrogens (tertiary/aromatic N) is 2. The van der Waals surface area contributed by atoms with Crippen LogP contribution in [0.15, 0.2) is 78.9 Å². The van der Waals surface area contributed by atoms with Crippen LogP contribution < -0.4 is 9.62 Å². The first-order chi connectivity index (χ1) is 19.1. The number of hydrogen-bond donors (Lipinski definition) is 1. The van der Waals surface area contributed by atoms with Crippen molar-refractivity contribution in [2.24, 2.45) is 0 Å². The zero-order valence-corrected chi connectivity index (χ0v) is 24.9. The zero-order chi connectivity index (χ0) is 29.1. The Labute approximate surface area is 243 Å². The van der Waals surface area contributed by atoms with Crippen LogP contribution in [0, 0.1) is 6.92 Å². The van der Waals surface area contributed by atoms with E-state index < -0.39 is 16.1 Å². The van der Waals surface area contributed by atoms with Crippen molar-refractivity contribution in [2.45, 2.75) is 52.1 Å². The van der Waals surface area contributed by atoms with E-state index in [0.29, 0.717) is 23.7 Å². The average Bonchev–Trinajstić information content (AvgIpc) is 2.93. The molecule has 0 unspecified atom stereocenters. The van der Waals surface area contributed by atoms with Crippen LogP contribution in [-0.2, 0) is 32.6 Å². The maximum absolute atomic E-state index is 13.8. The Morgan fingerprint density at radius 1 is 0.950 bits per heavy atom. The summed E-state index contributed by atoms with van der Waals surface area (Å²) < 4.78 is 26.6. The number of hydrogen-bond acceptors (Lipinski definition) is 4. The van der Waals surface area contributed by atoms with E-state index in [1.165, 1.54) is 10.6 Å². The van der Waals surface area contributed by atoms with E-state index in [2.05, 4.69) is 5.32 Å². The van der Waals surface area contributed by atoms with Gasteiger partial charge in [0, 0.05) is 37.5 Å². The van der Waals surface area contributed by atoms with Crippen molar-refractivity contribution >= 4 is 39.1 Å². The minimum absolute atomic E-state index is 0.0642. The summed E-state index contributed by atoms with van der Waals surface area (Å²) in [5.41, 5.74) is 3.08. The summed E-state index contributed by atoms with van der Waals surface area (Å²) in [7, 11) is -3.57. The molecule has 0 aliphatic heterocycles. The van der Waals surface area contributed by atoms with Crippen molar-refractivity contribution in [3.05, 3.63) is 101 Å². The number of carbonyl (C=O) groups is 2. The molecule has 2 amide bonds. The molecule has 0 bridgehead atoms. The quantitative estimate of drug-likeness (QED) is 0.277. The van der Waals surface area contributed by atoms with Crippen molar-refractivity contribution < 1.29 is 18.0 Å². The largest absolute Gasteiger partial charge is 0.354 e. The van der Waals surface area contributed by atoms with Crippen LogP contribution in [0.2, 0.25) is 5.02 Å². The van der Waals surface area contributed by atoms with Crippen LogP contribution >= 0.6 is 11.6 Å². The monoisotopic (exact) mass is 583 g/mol. The summed E-state index contributed by atoms with van der Waals surface area (Å²) in [5.74, 6) is -0.477. The molecule has 3 rings (SSSR count). The second-order valence-electron chi connectivity index (χ2n) is 9.83. The highest BCUT2D eigenvalue weighted by Crippen LogP contribution is 2.24. The number of halogens is 1. The third-order valence-electron chi connectivity index (χ3n) is 6.66. The van der Waals surface area contributed by atoms with E-state index in [4.69, 9.17) is 11.6 Å². The van der Waals surface area contributed by atoms with Gasteiger partial charge in [0.05, 0.1) is 11.9 Å². The fourth-order valence-corrected chi connectivity index (χ4v) is 5.77. The molecule has 214 valence electrons. The number of aryl methyl sites for hydroxylation is 1. The van der Waals surface area contributed by atoms with Crippen molar-refractivity contribution in [1.82, 2.24) is 10.2 Å². The molecular formula is C31H38ClN3O4S. The lowest BCUT2D eigenvalue weighted by Gasteiger charge is -2.32. The summed E-state index contributed by atoms with van der Waals surface area (Å²) in [4.78, 5) is 28.9. The fraction of sp³-hybridized carbons (Fsp3) is 0.355. The van der Waals surface area contributed by atoms with E-state index in [-0.39, 0.29) is 37.7 Å². The topological polar surface area (TPSA) is 86.8 Å². The number of para-hydroxylation sites is 1. The predicted molar refractivity (Wildman–Crippen MR) is 162 cm³/mol. The lowest BCUT2D eigenvalue weighted by atomic mass is 10.0. The van der Waals surface area contributed by atoms with E-state index in [9.17, 15) is 18.0 Å². The molecule has 0 saturated heterocycles. The highest BCUT2D eigenvalue weighted by atomic mass is 35.5. The summed E-state index contributed by atoms with van der Waals surface area (Å²) in [6.45, 7) is 4.62. The molecule has 0 heterocycles. The molecular weight excluding hydrogens is 546 g/mol. The number of anilines is 1. The van der Waals surface area contributed by atoms with Crippen LogP contribution in [-0.4, -0.2) is 50.5 Å². The Morgan fingerprint density at radius 2 is 1.60 bits per heavy atom. The summed E-state index contributed by atoms with van der Waals surface area (Å²) >= 11 is 6.47. The average molecular weight is 584 g/mol. The van der Waals surface area contributed by atoms with E-state index in [1.807, 2.05) is 74.5 Å². The molecule has 9 heteroatoms. The highest BCUT2D eigenvalue weighted by Gasteiger charge is 2.31. The van der Waals surface area contributed by atoms with Gasteiger partial charge in [0.25, 0.3) is 0 Å². The lowest BCUT2D eigenvalue weighted by molar-refractivity contribution is -0.141. The van der Waals surface area contributed by atoms with Gasteiger partial charge < -0.3 is 10.2 Å². The molecule has 1 atom stereocenters. The first-order valence-corrected chi connectivity index (χ1v) is 15.7. The molecule has 40 heavy (non-hydrogen) atoms. The van der Waals surface area contributed by atoms with Gasteiger partial charge in [0.15, 0.2) is 0 Å². The van der Waals surface area contributed by atoms with Crippen LogP contribution in [0.3, 0.4) is 0 Å². The smallest absolute Gasteiger partial charge is 0.243 e. The van der Waals surface area contributed by atoms with Crippen LogP contribution in [0.1, 0.15) is 42.9 Å². The minimum atomic E-state index is -3.57. The van der Waals surface area contributed by atoms with E-state index >= 15 is 0 Å². The maximum atomic E-state index is 13.8. The molecule has 0 saturated carbocycles. The molecule has 0 fully saturated rings. The minimum Gasteiger partial charge on any atom is -0.354 e. The summed E-state index contributed by atoms with van der Waals surface area (Å²) in [5, 5.41) is 3.47. The Balaban J connectivity index is 1.89. The molecule has 1 N–H and O–H groups in total. The Bertz CT molecular complexity index is 1380. The van der Waals surface area contributed by atoms with Gasteiger partial charge in [-0.25, -0.2) is 8.42 Å². The fourth-order valence-electron chi connectivity index (χ4n) is 4.56. The molecule has 0 aliphatic carbocycles. The van der Waals surface area contributed by atoms with Gasteiger partial charge in [-0.05, 0) is 48.6 Å². The molecule has 0 spiro atoms. The predicted octanol–water partition coefficient (Wildman–Crippen LogP) is 5.36. The first kappa shape index (κ1) is 31.2. The van der Waals surface area contributed by atoms with Crippen molar-refractivity contribution in [1.29, 1.82) is 0 Å². The van der Waals surface area contributed by atoms with Gasteiger partial charge >= 0.3 is 0 Å². The van der Waals surface area contributed by atoms with Gasteiger partial charge in [-0.2, -0.15) is 0 Å². The van der Waals surface area contributed by atoms with Crippen LogP contribution in [0.25, 0.3) is 0 Å². The number of amides is 2. The van der Waals surface area contributed by atoms with Gasteiger partial charge in [-0.1, -0.05) is 85.3 Å². The molecule has 3 aromatic carbocycles. The van der Waals surface area contributed by atoms with Crippen molar-refractivity contribution in [3.63, 3.8) is 0 Å². The second-order valence-corrected chi connectivity index (χ2v) is 12.1. The molecule has 3 aromatic rings. The normalized spacial score (nSPS) is 12.0. The number of rotatable bonds is 14. The van der Waals surface area contributed by atoms with Gasteiger partial charge in [0.2, 0.25) is 21.8 Å². The SMILES string of the molecule is CCCNC(=O)[C@@H](Cc1ccccc1)N(Cc1ccccc1Cl)C(=O)CCCN(c1ccccc1C)S(C)(=O)=O. The standard InChI is InChI=1S/C31H38ClN3O4S/c1-4-20-33-31(37)29(22-25-14-6-5-7-15-25)34(23-26-16-9-10-17-27(26)32)30(36)19-12-21-35(40(3,38)39)28-18-11-8-13-24(28)2/h5-11,13-18,29H,4,12,19-23H2,1-3H3,(H,33,37)/t29-/m1/s1. The number of sulfonamides is 1. The van der Waals surface area contributed by atoms with Crippen LogP contribution in [0.5, 0.6) is 0 Å². The lowest BCUT2D eigenvalue weighted by Crippen LogP contribution is -2.50. The zero-order valence-electron chi connectivity index (χ0n) is 23.3. The summed E-state index contributed by atoms with van der Waals surface area (Å²) in [6, 6.07) is 23.3. The highest BCUT2D eigenvalue weighted by molar-refractivity contribution is 7.92. The maximum Gasteiger partial charge on any atom is 0.243 e. The van der Waals surface area contributed by atoms with E-state index in [1.54, 1.807) is 23.1 Å². The molecule has 0 aliphatic rings. The van der Waals surface area contributed by atoms with Crippen LogP contribution in [0.4, 0.5) is 5.69 Å². The molecule has 0 radical (unpaired) electrons. The summed E-state index contributed by atoms with van der Waals surface area (Å²) in [6.07, 6.45) is 2.62. The van der Waals surface area contributed by atoms with E-state index in [0.717, 1.165) is 23.1 Å². The second kappa shape index (κ2) is 14.9. The Hall–Kier alpha value is -3.36. The third kappa shape index (κ3) is 8.83. The number of nitrogens with one attached hydrogen (secondary N) is 1. The molecule has 0 aromatic heterocycles.